The highest BCUT2D eigenvalue weighted by Crippen LogP contribution is 2.13. The van der Waals surface area contributed by atoms with Crippen molar-refractivity contribution in [3.05, 3.63) is 6.20 Å². The first-order chi connectivity index (χ1) is 8.38. The number of carbonyl (C=O) groups is 1. The summed E-state index contributed by atoms with van der Waals surface area (Å²) < 4.78 is 26.0. The topological polar surface area (TPSA) is 130 Å². The van der Waals surface area contributed by atoms with Crippen LogP contribution in [0.15, 0.2) is 11.1 Å². The first-order valence-electron chi connectivity index (χ1n) is 5.47. The van der Waals surface area contributed by atoms with Crippen molar-refractivity contribution in [3.63, 3.8) is 0 Å². The van der Waals surface area contributed by atoms with Gasteiger partial charge in [-0.3, -0.25) is 9.89 Å². The third-order valence-electron chi connectivity index (χ3n) is 2.20. The maximum Gasteiger partial charge on any atom is 0.246 e. The smallest absolute Gasteiger partial charge is 0.246 e. The number of nitrogens with zero attached hydrogens (tertiary/aromatic N) is 1. The van der Waals surface area contributed by atoms with Crippen molar-refractivity contribution >= 4 is 21.7 Å². The average Bonchev–Trinajstić information content (AvgIpc) is 2.72. The highest BCUT2D eigenvalue weighted by Gasteiger charge is 2.24. The standard InChI is InChI=1S/C9H17N5O3S/c1-3-4-11-9(15)6(2)14-18(16,17)7-5-12-13-8(7)10/h5-6,14H,3-4H2,1-2H3,(H,11,15)(H3,10,12,13). The second-order valence-electron chi connectivity index (χ2n) is 3.78. The van der Waals surface area contributed by atoms with E-state index in [1.54, 1.807) is 0 Å². The Hall–Kier alpha value is -1.61. The van der Waals surface area contributed by atoms with Crippen LogP contribution in [0.4, 0.5) is 5.82 Å². The van der Waals surface area contributed by atoms with E-state index in [1.807, 2.05) is 6.92 Å². The highest BCUT2D eigenvalue weighted by molar-refractivity contribution is 7.89. The predicted octanol–water partition coefficient (Wildman–Crippen LogP) is -0.815. The molecule has 1 heterocycles. The largest absolute Gasteiger partial charge is 0.383 e. The van der Waals surface area contributed by atoms with E-state index in [4.69, 9.17) is 5.73 Å². The number of H-pyrrole nitrogens is 1. The minimum atomic E-state index is -3.85. The normalized spacial score (nSPS) is 13.2. The fraction of sp³-hybridized carbons (Fsp3) is 0.556. The van der Waals surface area contributed by atoms with Gasteiger partial charge in [-0.05, 0) is 13.3 Å². The molecule has 0 radical (unpaired) electrons. The number of sulfonamides is 1. The minimum absolute atomic E-state index is 0.0660. The molecule has 1 amide bonds. The number of nitrogens with one attached hydrogen (secondary N) is 3. The van der Waals surface area contributed by atoms with Crippen molar-refractivity contribution < 1.29 is 13.2 Å². The van der Waals surface area contributed by atoms with Crippen molar-refractivity contribution in [2.24, 2.45) is 0 Å². The van der Waals surface area contributed by atoms with Gasteiger partial charge in [-0.15, -0.1) is 0 Å². The van der Waals surface area contributed by atoms with E-state index in [2.05, 4.69) is 20.2 Å². The molecule has 1 aromatic rings. The van der Waals surface area contributed by atoms with Gasteiger partial charge in [0.15, 0.2) is 0 Å². The van der Waals surface area contributed by atoms with Gasteiger partial charge in [0.05, 0.1) is 12.2 Å². The summed E-state index contributed by atoms with van der Waals surface area (Å²) in [5.41, 5.74) is 5.42. The summed E-state index contributed by atoms with van der Waals surface area (Å²) in [6, 6.07) is -0.879. The summed E-state index contributed by atoms with van der Waals surface area (Å²) in [6.45, 7) is 3.86. The van der Waals surface area contributed by atoms with E-state index >= 15 is 0 Å². The molecule has 0 bridgehead atoms. The fourth-order valence-electron chi connectivity index (χ4n) is 1.25. The van der Waals surface area contributed by atoms with Gasteiger partial charge in [0, 0.05) is 6.54 Å². The number of aromatic nitrogens is 2. The van der Waals surface area contributed by atoms with E-state index in [0.717, 1.165) is 12.6 Å². The summed E-state index contributed by atoms with van der Waals surface area (Å²) in [4.78, 5) is 11.4. The molecule has 18 heavy (non-hydrogen) atoms. The number of carbonyl (C=O) groups excluding carboxylic acids is 1. The summed E-state index contributed by atoms with van der Waals surface area (Å²) in [7, 11) is -3.85. The van der Waals surface area contributed by atoms with Gasteiger partial charge in [0.2, 0.25) is 15.9 Å². The molecule has 1 aromatic heterocycles. The fourth-order valence-corrected chi connectivity index (χ4v) is 2.48. The number of amides is 1. The molecule has 9 heteroatoms. The van der Waals surface area contributed by atoms with Crippen LogP contribution in [0.2, 0.25) is 0 Å². The first kappa shape index (κ1) is 14.5. The maximum atomic E-state index is 11.9. The van der Waals surface area contributed by atoms with Gasteiger partial charge in [-0.1, -0.05) is 6.92 Å². The number of aromatic amines is 1. The van der Waals surface area contributed by atoms with Gasteiger partial charge in [0.1, 0.15) is 10.7 Å². The summed E-state index contributed by atoms with van der Waals surface area (Å²) in [5, 5.41) is 8.43. The van der Waals surface area contributed by atoms with Crippen molar-refractivity contribution in [3.8, 4) is 0 Å². The molecule has 0 aliphatic heterocycles. The lowest BCUT2D eigenvalue weighted by Gasteiger charge is -2.13. The molecular formula is C9H17N5O3S. The Kier molecular flexibility index (Phi) is 4.68. The second-order valence-corrected chi connectivity index (χ2v) is 5.46. The molecule has 0 aromatic carbocycles. The zero-order valence-corrected chi connectivity index (χ0v) is 11.0. The van der Waals surface area contributed by atoms with Crippen LogP contribution in [0.1, 0.15) is 20.3 Å². The number of anilines is 1. The molecule has 0 aliphatic rings. The molecule has 102 valence electrons. The van der Waals surface area contributed by atoms with Crippen molar-refractivity contribution in [1.82, 2.24) is 20.2 Å². The van der Waals surface area contributed by atoms with Gasteiger partial charge in [-0.25, -0.2) is 8.42 Å². The Balaban J connectivity index is 2.72. The first-order valence-corrected chi connectivity index (χ1v) is 6.95. The Bertz CT molecular complexity index is 510. The van der Waals surface area contributed by atoms with Crippen molar-refractivity contribution in [2.75, 3.05) is 12.3 Å². The van der Waals surface area contributed by atoms with Crippen LogP contribution in [-0.4, -0.2) is 37.1 Å². The lowest BCUT2D eigenvalue weighted by atomic mass is 10.3. The van der Waals surface area contributed by atoms with Crippen LogP contribution in [0.5, 0.6) is 0 Å². The number of hydrogen-bond donors (Lipinski definition) is 4. The Morgan fingerprint density at radius 2 is 2.28 bits per heavy atom. The average molecular weight is 275 g/mol. The summed E-state index contributed by atoms with van der Waals surface area (Å²) in [6.07, 6.45) is 1.87. The molecule has 0 saturated carbocycles. The third kappa shape index (κ3) is 3.44. The maximum absolute atomic E-state index is 11.9. The van der Waals surface area contributed by atoms with Crippen molar-refractivity contribution in [2.45, 2.75) is 31.2 Å². The molecule has 1 unspecified atom stereocenters. The second kappa shape index (κ2) is 5.83. The van der Waals surface area contributed by atoms with E-state index in [-0.39, 0.29) is 16.6 Å². The zero-order valence-electron chi connectivity index (χ0n) is 10.2. The van der Waals surface area contributed by atoms with Crippen LogP contribution in [0, 0.1) is 0 Å². The Labute approximate surface area is 105 Å². The Morgan fingerprint density at radius 3 is 2.78 bits per heavy atom. The Morgan fingerprint density at radius 1 is 1.61 bits per heavy atom. The summed E-state index contributed by atoms with van der Waals surface area (Å²) >= 11 is 0. The quantitative estimate of drug-likeness (QED) is 0.539. The zero-order chi connectivity index (χ0) is 13.8. The molecule has 8 nitrogen and oxygen atoms in total. The molecule has 0 aliphatic carbocycles. The lowest BCUT2D eigenvalue weighted by Crippen LogP contribution is -2.44. The monoisotopic (exact) mass is 275 g/mol. The SMILES string of the molecule is CCCNC(=O)C(C)NS(=O)(=O)c1cn[nH]c1N. The van der Waals surface area contributed by atoms with Crippen LogP contribution in [-0.2, 0) is 14.8 Å². The van der Waals surface area contributed by atoms with Gasteiger partial charge in [-0.2, -0.15) is 9.82 Å². The molecule has 0 spiro atoms. The number of nitrogen functional groups attached to an aromatic ring is 1. The van der Waals surface area contributed by atoms with E-state index < -0.39 is 16.1 Å². The van der Waals surface area contributed by atoms with Gasteiger partial charge in [0.25, 0.3) is 0 Å². The highest BCUT2D eigenvalue weighted by atomic mass is 32.2. The van der Waals surface area contributed by atoms with Gasteiger partial charge >= 0.3 is 0 Å². The number of hydrogen-bond acceptors (Lipinski definition) is 5. The van der Waals surface area contributed by atoms with Crippen LogP contribution < -0.4 is 15.8 Å². The molecule has 1 atom stereocenters. The molecule has 5 N–H and O–H groups in total. The van der Waals surface area contributed by atoms with Crippen LogP contribution >= 0.6 is 0 Å². The molecular weight excluding hydrogens is 258 g/mol. The van der Waals surface area contributed by atoms with E-state index in [9.17, 15) is 13.2 Å². The summed E-state index contributed by atoms with van der Waals surface area (Å²) in [5.74, 6) is -0.453. The predicted molar refractivity (Wildman–Crippen MR) is 66.1 cm³/mol. The van der Waals surface area contributed by atoms with E-state index in [1.165, 1.54) is 6.92 Å². The third-order valence-corrected chi connectivity index (χ3v) is 3.76. The number of nitrogens with two attached hydrogens (primary N) is 1. The van der Waals surface area contributed by atoms with Gasteiger partial charge < -0.3 is 11.1 Å². The van der Waals surface area contributed by atoms with Crippen molar-refractivity contribution in [1.29, 1.82) is 0 Å². The molecule has 1 rings (SSSR count). The van der Waals surface area contributed by atoms with Crippen LogP contribution in [0.3, 0.4) is 0 Å². The minimum Gasteiger partial charge on any atom is -0.383 e. The molecule has 0 saturated heterocycles. The number of rotatable bonds is 6. The van der Waals surface area contributed by atoms with Crippen LogP contribution in [0.25, 0.3) is 0 Å². The molecule has 0 fully saturated rings. The van der Waals surface area contributed by atoms with E-state index in [0.29, 0.717) is 6.54 Å². The lowest BCUT2D eigenvalue weighted by molar-refractivity contribution is -0.122.